The van der Waals surface area contributed by atoms with Crippen molar-refractivity contribution >= 4 is 6.09 Å². The molecular weight excluding hydrogens is 590 g/mol. The topological polar surface area (TPSA) is 36.0 Å². The summed E-state index contributed by atoms with van der Waals surface area (Å²) in [5.41, 5.74) is 2.46. The molecule has 0 radical (unpaired) electrons. The van der Waals surface area contributed by atoms with Crippen LogP contribution >= 0.6 is 0 Å². The Kier molecular flexibility index (Phi) is 15.2. The van der Waals surface area contributed by atoms with Crippen molar-refractivity contribution in [2.75, 3.05) is 54.4 Å². The summed E-state index contributed by atoms with van der Waals surface area (Å²) in [6.07, 6.45) is 25.5. The van der Waals surface area contributed by atoms with Crippen LogP contribution in [0, 0.1) is 46.3 Å². The average molecular weight is 670 g/mol. The molecule has 8 atom stereocenters. The fourth-order valence-electron chi connectivity index (χ4n) is 11.3. The van der Waals surface area contributed by atoms with E-state index in [9.17, 15) is 4.79 Å². The third kappa shape index (κ3) is 10.3. The lowest BCUT2D eigenvalue weighted by atomic mass is 9.47. The predicted molar refractivity (Wildman–Crippen MR) is 204 cm³/mol. The maximum absolute atomic E-state index is 13.6. The van der Waals surface area contributed by atoms with E-state index in [0.29, 0.717) is 10.8 Å². The molecule has 4 aliphatic carbocycles. The summed E-state index contributed by atoms with van der Waals surface area (Å²) in [6.45, 7) is 16.5. The molecule has 5 nitrogen and oxygen atoms in total. The van der Waals surface area contributed by atoms with Gasteiger partial charge in [-0.1, -0.05) is 91.2 Å². The summed E-state index contributed by atoms with van der Waals surface area (Å²) in [6, 6.07) is 0. The summed E-state index contributed by atoms with van der Waals surface area (Å²) in [5.74, 6) is 5.17. The molecule has 0 saturated heterocycles. The molecule has 3 fully saturated rings. The van der Waals surface area contributed by atoms with Gasteiger partial charge < -0.3 is 19.4 Å². The summed E-state index contributed by atoms with van der Waals surface area (Å²) in [7, 11) is 8.55. The molecule has 1 amide bonds. The molecule has 48 heavy (non-hydrogen) atoms. The molecule has 0 bridgehead atoms. The van der Waals surface area contributed by atoms with E-state index in [-0.39, 0.29) is 12.2 Å². The molecule has 4 rings (SSSR count). The standard InChI is InChI=1S/C43H79N3O2/c1-33(2)18-16-19-34(3)38-22-23-39-37-21-20-35-32-36(24-26-42(35,4)40(37)25-27-43(38,39)5)48-41(47)46(31-17-29-45(8)9)30-15-13-11-10-12-14-28-44(6)7/h20,33-34,36-40H,10-19,21-32H2,1-9H3/t34-,36+,37+,38-,39+,40+,42+,43-/m1/s1. The number of rotatable bonds is 19. The van der Waals surface area contributed by atoms with Crippen LogP contribution in [0.15, 0.2) is 11.6 Å². The Morgan fingerprint density at radius 1 is 0.771 bits per heavy atom. The molecule has 3 saturated carbocycles. The molecule has 0 heterocycles. The van der Waals surface area contributed by atoms with Gasteiger partial charge >= 0.3 is 6.09 Å². The van der Waals surface area contributed by atoms with E-state index in [0.717, 1.165) is 80.8 Å². The molecule has 0 aromatic rings. The van der Waals surface area contributed by atoms with Crippen LogP contribution < -0.4 is 0 Å². The summed E-state index contributed by atoms with van der Waals surface area (Å²) >= 11 is 0. The highest BCUT2D eigenvalue weighted by Crippen LogP contribution is 2.67. The molecule has 0 unspecified atom stereocenters. The van der Waals surface area contributed by atoms with E-state index < -0.39 is 0 Å². The minimum atomic E-state index is -0.0597. The first-order chi connectivity index (χ1) is 22.8. The van der Waals surface area contributed by atoms with Gasteiger partial charge in [-0.2, -0.15) is 0 Å². The van der Waals surface area contributed by atoms with Crippen molar-refractivity contribution < 1.29 is 9.53 Å². The highest BCUT2D eigenvalue weighted by molar-refractivity contribution is 5.67. The molecule has 278 valence electrons. The molecule has 0 N–H and O–H groups in total. The molecular formula is C43H79N3O2. The number of hydrogen-bond donors (Lipinski definition) is 0. The van der Waals surface area contributed by atoms with E-state index >= 15 is 0 Å². The van der Waals surface area contributed by atoms with Crippen LogP contribution in [0.5, 0.6) is 0 Å². The second kappa shape index (κ2) is 18.4. The van der Waals surface area contributed by atoms with Crippen LogP contribution in [-0.4, -0.2) is 81.3 Å². The van der Waals surface area contributed by atoms with Crippen molar-refractivity contribution in [2.45, 2.75) is 156 Å². The summed E-state index contributed by atoms with van der Waals surface area (Å²) < 4.78 is 6.37. The zero-order valence-corrected chi connectivity index (χ0v) is 33.3. The fraction of sp³-hybridized carbons (Fsp3) is 0.930. The molecule has 0 aromatic carbocycles. The number of nitrogens with zero attached hydrogens (tertiary/aromatic N) is 3. The van der Waals surface area contributed by atoms with Crippen LogP contribution in [0.25, 0.3) is 0 Å². The fourth-order valence-corrected chi connectivity index (χ4v) is 11.3. The smallest absolute Gasteiger partial charge is 0.410 e. The number of hydrogen-bond acceptors (Lipinski definition) is 4. The number of amides is 1. The Hall–Kier alpha value is -1.07. The van der Waals surface area contributed by atoms with E-state index in [1.165, 1.54) is 96.4 Å². The molecule has 5 heteroatoms. The highest BCUT2D eigenvalue weighted by Gasteiger charge is 2.59. The largest absolute Gasteiger partial charge is 0.446 e. The Bertz CT molecular complexity index is 1010. The second-order valence-electron chi connectivity index (χ2n) is 18.6. The average Bonchev–Trinajstić information content (AvgIpc) is 3.38. The molecule has 4 aliphatic rings. The van der Waals surface area contributed by atoms with Gasteiger partial charge in [0, 0.05) is 19.5 Å². The van der Waals surface area contributed by atoms with Crippen molar-refractivity contribution in [1.82, 2.24) is 14.7 Å². The summed E-state index contributed by atoms with van der Waals surface area (Å²) in [5, 5.41) is 0. The SMILES string of the molecule is CC(C)CCC[C@@H](C)[C@H]1CC[C@H]2[C@@H]3CC=C4C[C@@H](OC(=O)N(CCCCCCCCN(C)C)CCCN(C)C)CC[C@]4(C)[C@H]3CC[C@]12C. The quantitative estimate of drug-likeness (QED) is 0.101. The van der Waals surface area contributed by atoms with Crippen LogP contribution in [0.3, 0.4) is 0 Å². The van der Waals surface area contributed by atoms with Crippen molar-refractivity contribution in [1.29, 1.82) is 0 Å². The molecule has 0 spiro atoms. The Morgan fingerprint density at radius 2 is 1.42 bits per heavy atom. The van der Waals surface area contributed by atoms with E-state index in [1.54, 1.807) is 5.57 Å². The maximum Gasteiger partial charge on any atom is 0.410 e. The minimum absolute atomic E-state index is 0.0397. The van der Waals surface area contributed by atoms with Gasteiger partial charge in [0.05, 0.1) is 0 Å². The van der Waals surface area contributed by atoms with Crippen molar-refractivity contribution in [3.05, 3.63) is 11.6 Å². The lowest BCUT2D eigenvalue weighted by molar-refractivity contribution is -0.0593. The van der Waals surface area contributed by atoms with Gasteiger partial charge in [-0.25, -0.2) is 4.79 Å². The second-order valence-corrected chi connectivity index (χ2v) is 18.6. The molecule has 0 aromatic heterocycles. The van der Waals surface area contributed by atoms with Crippen molar-refractivity contribution in [3.8, 4) is 0 Å². The first-order valence-corrected chi connectivity index (χ1v) is 20.8. The molecule has 0 aliphatic heterocycles. The van der Waals surface area contributed by atoms with E-state index in [4.69, 9.17) is 4.74 Å². The van der Waals surface area contributed by atoms with E-state index in [1.807, 2.05) is 4.90 Å². The number of carbonyl (C=O) groups is 1. The minimum Gasteiger partial charge on any atom is -0.446 e. The number of ether oxygens (including phenoxy) is 1. The van der Waals surface area contributed by atoms with Gasteiger partial charge in [-0.05, 0) is 152 Å². The zero-order valence-electron chi connectivity index (χ0n) is 33.3. The van der Waals surface area contributed by atoms with Crippen LogP contribution in [0.1, 0.15) is 150 Å². The first-order valence-electron chi connectivity index (χ1n) is 20.8. The number of carbonyl (C=O) groups excluding carboxylic acids is 1. The van der Waals surface area contributed by atoms with Crippen LogP contribution in [0.2, 0.25) is 0 Å². The van der Waals surface area contributed by atoms with Gasteiger partial charge in [-0.15, -0.1) is 0 Å². The monoisotopic (exact) mass is 670 g/mol. The zero-order chi connectivity index (χ0) is 34.9. The lowest BCUT2D eigenvalue weighted by Gasteiger charge is -2.58. The summed E-state index contributed by atoms with van der Waals surface area (Å²) in [4.78, 5) is 20.2. The van der Waals surface area contributed by atoms with Crippen LogP contribution in [0.4, 0.5) is 4.79 Å². The number of unbranched alkanes of at least 4 members (excludes halogenated alkanes) is 5. The number of fused-ring (bicyclic) bond motifs is 5. The van der Waals surface area contributed by atoms with Crippen LogP contribution in [-0.2, 0) is 4.74 Å². The predicted octanol–water partition coefficient (Wildman–Crippen LogP) is 10.7. The third-order valence-corrected chi connectivity index (χ3v) is 14.1. The lowest BCUT2D eigenvalue weighted by Crippen LogP contribution is -2.51. The number of allylic oxidation sites excluding steroid dienone is 1. The van der Waals surface area contributed by atoms with Gasteiger partial charge in [0.1, 0.15) is 6.10 Å². The van der Waals surface area contributed by atoms with Gasteiger partial charge in [0.25, 0.3) is 0 Å². The van der Waals surface area contributed by atoms with Crippen molar-refractivity contribution in [3.63, 3.8) is 0 Å². The maximum atomic E-state index is 13.6. The van der Waals surface area contributed by atoms with E-state index in [2.05, 4.69) is 78.7 Å². The Balaban J connectivity index is 1.30. The first kappa shape index (κ1) is 39.7. The van der Waals surface area contributed by atoms with Crippen molar-refractivity contribution in [2.24, 2.45) is 46.3 Å². The Labute approximate surface area is 298 Å². The van der Waals surface area contributed by atoms with Gasteiger partial charge in [0.2, 0.25) is 0 Å². The highest BCUT2D eigenvalue weighted by atomic mass is 16.6. The van der Waals surface area contributed by atoms with Gasteiger partial charge in [0.15, 0.2) is 0 Å². The third-order valence-electron chi connectivity index (χ3n) is 14.1. The Morgan fingerprint density at radius 3 is 2.10 bits per heavy atom. The normalized spacial score (nSPS) is 32.2. The van der Waals surface area contributed by atoms with Gasteiger partial charge in [-0.3, -0.25) is 0 Å².